The number of nitrogens with one attached hydrogen (secondary N) is 1. The van der Waals surface area contributed by atoms with Crippen LogP contribution >= 0.6 is 11.3 Å². The van der Waals surface area contributed by atoms with Gasteiger partial charge in [0, 0.05) is 41.7 Å². The maximum absolute atomic E-state index is 12.9. The van der Waals surface area contributed by atoms with E-state index in [-0.39, 0.29) is 5.82 Å². The van der Waals surface area contributed by atoms with Crippen molar-refractivity contribution < 1.29 is 4.39 Å². The molecule has 4 aromatic rings. The first-order chi connectivity index (χ1) is 11.8. The summed E-state index contributed by atoms with van der Waals surface area (Å²) in [4.78, 5) is 13.3. The van der Waals surface area contributed by atoms with E-state index in [2.05, 4.69) is 21.0 Å². The molecule has 0 saturated carbocycles. The van der Waals surface area contributed by atoms with E-state index in [1.165, 1.54) is 28.0 Å². The molecule has 3 nitrogen and oxygen atoms in total. The first-order valence-electron chi connectivity index (χ1n) is 7.87. The van der Waals surface area contributed by atoms with E-state index < -0.39 is 0 Å². The minimum absolute atomic E-state index is 0.191. The van der Waals surface area contributed by atoms with Gasteiger partial charge in [-0.2, -0.15) is 0 Å². The van der Waals surface area contributed by atoms with E-state index in [0.29, 0.717) is 0 Å². The van der Waals surface area contributed by atoms with Gasteiger partial charge in [0.05, 0.1) is 5.01 Å². The first-order valence-corrected chi connectivity index (χ1v) is 8.68. The number of thiazole rings is 1. The standard InChI is InChI=1S/C19H16FN3S/c20-15-6-3-13(4-7-15)5-8-18-22-12-16(24-18)10-14-11-23-19-17(14)2-1-9-21-19/h1-4,6-7,9,11-12H,5,8,10H2,(H,21,23). The lowest BCUT2D eigenvalue weighted by molar-refractivity contribution is 0.627. The van der Waals surface area contributed by atoms with Gasteiger partial charge in [-0.05, 0) is 41.8 Å². The van der Waals surface area contributed by atoms with E-state index in [1.807, 2.05) is 30.6 Å². The highest BCUT2D eigenvalue weighted by molar-refractivity contribution is 7.11. The Morgan fingerprint density at radius 3 is 2.79 bits per heavy atom. The van der Waals surface area contributed by atoms with Crippen molar-refractivity contribution in [2.24, 2.45) is 0 Å². The third-order valence-corrected chi connectivity index (χ3v) is 5.10. The third-order valence-electron chi connectivity index (χ3n) is 4.04. The van der Waals surface area contributed by atoms with E-state index in [0.717, 1.165) is 35.5 Å². The molecule has 0 aliphatic rings. The Morgan fingerprint density at radius 1 is 1.04 bits per heavy atom. The van der Waals surface area contributed by atoms with Crippen molar-refractivity contribution in [3.63, 3.8) is 0 Å². The van der Waals surface area contributed by atoms with Gasteiger partial charge in [-0.1, -0.05) is 12.1 Å². The fraction of sp³-hybridized carbons (Fsp3) is 0.158. The molecule has 0 aliphatic carbocycles. The highest BCUT2D eigenvalue weighted by atomic mass is 32.1. The minimum Gasteiger partial charge on any atom is -0.346 e. The fourth-order valence-corrected chi connectivity index (χ4v) is 3.74. The predicted molar refractivity (Wildman–Crippen MR) is 94.8 cm³/mol. The number of hydrogen-bond donors (Lipinski definition) is 1. The fourth-order valence-electron chi connectivity index (χ4n) is 2.79. The van der Waals surface area contributed by atoms with Gasteiger partial charge in [0.2, 0.25) is 0 Å². The lowest BCUT2D eigenvalue weighted by Crippen LogP contribution is -1.90. The molecule has 1 aromatic carbocycles. The minimum atomic E-state index is -0.191. The van der Waals surface area contributed by atoms with Crippen LogP contribution in [0.3, 0.4) is 0 Å². The number of nitrogens with zero attached hydrogens (tertiary/aromatic N) is 2. The van der Waals surface area contributed by atoms with Crippen LogP contribution in [0.4, 0.5) is 4.39 Å². The molecule has 0 saturated heterocycles. The Labute approximate surface area is 143 Å². The largest absolute Gasteiger partial charge is 0.346 e. The van der Waals surface area contributed by atoms with Crippen molar-refractivity contribution in [2.45, 2.75) is 19.3 Å². The maximum Gasteiger partial charge on any atom is 0.137 e. The number of aryl methyl sites for hydroxylation is 2. The number of pyridine rings is 1. The third kappa shape index (κ3) is 3.21. The van der Waals surface area contributed by atoms with Crippen LogP contribution in [0, 0.1) is 5.82 Å². The first kappa shape index (κ1) is 15.0. The topological polar surface area (TPSA) is 41.6 Å². The van der Waals surface area contributed by atoms with Crippen molar-refractivity contribution in [1.82, 2.24) is 15.0 Å². The van der Waals surface area contributed by atoms with Crippen LogP contribution in [-0.2, 0) is 19.3 Å². The monoisotopic (exact) mass is 337 g/mol. The number of fused-ring (bicyclic) bond motifs is 1. The van der Waals surface area contributed by atoms with Gasteiger partial charge in [-0.15, -0.1) is 11.3 Å². The summed E-state index contributed by atoms with van der Waals surface area (Å²) in [6, 6.07) is 10.7. The summed E-state index contributed by atoms with van der Waals surface area (Å²) in [5.74, 6) is -0.191. The number of rotatable bonds is 5. The van der Waals surface area contributed by atoms with Crippen molar-refractivity contribution >= 4 is 22.4 Å². The Bertz CT molecular complexity index is 956. The Kier molecular flexibility index (Phi) is 4.09. The average Bonchev–Trinajstić information content (AvgIpc) is 3.22. The second kappa shape index (κ2) is 6.53. The van der Waals surface area contributed by atoms with Crippen molar-refractivity contribution in [2.75, 3.05) is 0 Å². The molecule has 120 valence electrons. The smallest absolute Gasteiger partial charge is 0.137 e. The van der Waals surface area contributed by atoms with Gasteiger partial charge >= 0.3 is 0 Å². The van der Waals surface area contributed by atoms with E-state index in [4.69, 9.17) is 0 Å². The Morgan fingerprint density at radius 2 is 1.92 bits per heavy atom. The predicted octanol–water partition coefficient (Wildman–Crippen LogP) is 4.53. The molecule has 0 radical (unpaired) electrons. The molecule has 0 aliphatic heterocycles. The molecular formula is C19H16FN3S. The molecule has 0 fully saturated rings. The average molecular weight is 337 g/mol. The molecule has 24 heavy (non-hydrogen) atoms. The number of benzene rings is 1. The van der Waals surface area contributed by atoms with Gasteiger partial charge in [-0.3, -0.25) is 0 Å². The lowest BCUT2D eigenvalue weighted by Gasteiger charge is -1.99. The van der Waals surface area contributed by atoms with Crippen LogP contribution in [0.15, 0.2) is 55.0 Å². The summed E-state index contributed by atoms with van der Waals surface area (Å²) >= 11 is 1.74. The summed E-state index contributed by atoms with van der Waals surface area (Å²) in [7, 11) is 0. The summed E-state index contributed by atoms with van der Waals surface area (Å²) in [5, 5.41) is 2.28. The maximum atomic E-state index is 12.9. The molecule has 0 unspecified atom stereocenters. The Balaban J connectivity index is 1.44. The lowest BCUT2D eigenvalue weighted by atomic mass is 10.1. The Hall–Kier alpha value is -2.53. The number of halogens is 1. The van der Waals surface area contributed by atoms with Crippen LogP contribution in [0.5, 0.6) is 0 Å². The number of aromatic amines is 1. The molecule has 5 heteroatoms. The quantitative estimate of drug-likeness (QED) is 0.581. The molecule has 0 amide bonds. The van der Waals surface area contributed by atoms with Crippen LogP contribution < -0.4 is 0 Å². The van der Waals surface area contributed by atoms with E-state index in [1.54, 1.807) is 17.5 Å². The molecule has 4 rings (SSSR count). The van der Waals surface area contributed by atoms with Crippen LogP contribution in [-0.4, -0.2) is 15.0 Å². The van der Waals surface area contributed by atoms with Crippen molar-refractivity contribution in [3.8, 4) is 0 Å². The van der Waals surface area contributed by atoms with Gasteiger partial charge in [0.15, 0.2) is 0 Å². The summed E-state index contributed by atoms with van der Waals surface area (Å²) in [6.45, 7) is 0. The highest BCUT2D eigenvalue weighted by Crippen LogP contribution is 2.23. The number of H-pyrrole nitrogens is 1. The summed E-state index contributed by atoms with van der Waals surface area (Å²) in [6.07, 6.45) is 8.40. The SMILES string of the molecule is Fc1ccc(CCc2ncc(Cc3c[nH]c4ncccc34)s2)cc1. The van der Waals surface area contributed by atoms with Gasteiger partial charge in [0.25, 0.3) is 0 Å². The molecule has 3 aromatic heterocycles. The van der Waals surface area contributed by atoms with Crippen LogP contribution in [0.25, 0.3) is 11.0 Å². The zero-order valence-electron chi connectivity index (χ0n) is 13.0. The molecule has 1 N–H and O–H groups in total. The van der Waals surface area contributed by atoms with Crippen LogP contribution in [0.1, 0.15) is 21.0 Å². The van der Waals surface area contributed by atoms with Gasteiger partial charge in [-0.25, -0.2) is 14.4 Å². The highest BCUT2D eigenvalue weighted by Gasteiger charge is 2.08. The normalized spacial score (nSPS) is 11.2. The molecular weight excluding hydrogens is 321 g/mol. The summed E-state index contributed by atoms with van der Waals surface area (Å²) in [5.41, 5.74) is 3.30. The molecule has 0 atom stereocenters. The van der Waals surface area contributed by atoms with Crippen molar-refractivity contribution in [3.05, 3.63) is 81.8 Å². The molecule has 0 spiro atoms. The second-order valence-electron chi connectivity index (χ2n) is 5.74. The zero-order chi connectivity index (χ0) is 16.4. The van der Waals surface area contributed by atoms with E-state index >= 15 is 0 Å². The number of aromatic nitrogens is 3. The summed E-state index contributed by atoms with van der Waals surface area (Å²) < 4.78 is 12.9. The van der Waals surface area contributed by atoms with Crippen LogP contribution in [0.2, 0.25) is 0 Å². The molecule has 0 bridgehead atoms. The number of hydrogen-bond acceptors (Lipinski definition) is 3. The molecule has 3 heterocycles. The van der Waals surface area contributed by atoms with Gasteiger partial charge in [0.1, 0.15) is 11.5 Å². The van der Waals surface area contributed by atoms with E-state index in [9.17, 15) is 4.39 Å². The van der Waals surface area contributed by atoms with Gasteiger partial charge < -0.3 is 4.98 Å². The second-order valence-corrected chi connectivity index (χ2v) is 6.94. The zero-order valence-corrected chi connectivity index (χ0v) is 13.8. The van der Waals surface area contributed by atoms with Crippen molar-refractivity contribution in [1.29, 1.82) is 0 Å².